The molecule has 5 nitrogen and oxygen atoms in total. The van der Waals surface area contributed by atoms with Crippen molar-refractivity contribution in [2.45, 2.75) is 6.42 Å². The number of imidazole rings is 1. The lowest BCUT2D eigenvalue weighted by atomic mass is 10.1. The summed E-state index contributed by atoms with van der Waals surface area (Å²) >= 11 is 0. The van der Waals surface area contributed by atoms with Crippen molar-refractivity contribution >= 4 is 17.7 Å². The Bertz CT molecular complexity index is 902. The Morgan fingerprint density at radius 1 is 1.16 bits per heavy atom. The second-order valence-electron chi connectivity index (χ2n) is 5.42. The summed E-state index contributed by atoms with van der Waals surface area (Å²) in [5.41, 5.74) is 3.57. The summed E-state index contributed by atoms with van der Waals surface area (Å²) in [6, 6.07) is 17.1. The van der Waals surface area contributed by atoms with Gasteiger partial charge >= 0.3 is 0 Å². The number of amides is 1. The number of aromatic nitrogens is 2. The van der Waals surface area contributed by atoms with Crippen LogP contribution in [0.4, 0.5) is 5.69 Å². The highest BCUT2D eigenvalue weighted by molar-refractivity contribution is 6.01. The van der Waals surface area contributed by atoms with Crippen LogP contribution in [-0.4, -0.2) is 15.5 Å². The largest absolute Gasteiger partial charge is 0.323 e. The van der Waals surface area contributed by atoms with Gasteiger partial charge < -0.3 is 9.88 Å². The summed E-state index contributed by atoms with van der Waals surface area (Å²) in [6.07, 6.45) is 8.96. The number of nitriles is 1. The molecule has 0 saturated carbocycles. The number of anilines is 1. The minimum Gasteiger partial charge on any atom is -0.323 e. The number of rotatable bonds is 5. The van der Waals surface area contributed by atoms with Gasteiger partial charge in [-0.05, 0) is 41.5 Å². The van der Waals surface area contributed by atoms with Gasteiger partial charge in [-0.25, -0.2) is 4.98 Å². The number of benzene rings is 2. The van der Waals surface area contributed by atoms with Crippen molar-refractivity contribution in [3.63, 3.8) is 0 Å². The highest BCUT2D eigenvalue weighted by atomic mass is 16.1. The van der Waals surface area contributed by atoms with E-state index >= 15 is 0 Å². The Hall–Kier alpha value is -3.65. The predicted molar refractivity (Wildman–Crippen MR) is 97.0 cm³/mol. The molecule has 5 heteroatoms. The quantitative estimate of drug-likeness (QED) is 0.728. The van der Waals surface area contributed by atoms with Gasteiger partial charge in [-0.2, -0.15) is 5.26 Å². The van der Waals surface area contributed by atoms with Gasteiger partial charge in [-0.3, -0.25) is 4.79 Å². The zero-order valence-corrected chi connectivity index (χ0v) is 13.5. The normalized spacial score (nSPS) is 10.5. The first-order valence-corrected chi connectivity index (χ1v) is 7.78. The van der Waals surface area contributed by atoms with Gasteiger partial charge in [0.15, 0.2) is 0 Å². The molecule has 0 radical (unpaired) electrons. The van der Waals surface area contributed by atoms with E-state index < -0.39 is 0 Å². The van der Waals surface area contributed by atoms with Crippen LogP contribution in [0.15, 0.2) is 73.3 Å². The van der Waals surface area contributed by atoms with Crippen molar-refractivity contribution in [3.05, 3.63) is 84.5 Å². The molecule has 0 saturated heterocycles. The summed E-state index contributed by atoms with van der Waals surface area (Å²) in [5.74, 6) is -0.202. The van der Waals surface area contributed by atoms with Gasteiger partial charge in [0, 0.05) is 29.8 Å². The lowest BCUT2D eigenvalue weighted by Gasteiger charge is -2.03. The molecule has 0 aliphatic rings. The van der Waals surface area contributed by atoms with Crippen molar-refractivity contribution < 1.29 is 4.79 Å². The van der Waals surface area contributed by atoms with E-state index in [0.717, 1.165) is 16.8 Å². The molecule has 1 N–H and O–H groups in total. The van der Waals surface area contributed by atoms with Crippen LogP contribution in [0.25, 0.3) is 11.8 Å². The van der Waals surface area contributed by atoms with Gasteiger partial charge in [-0.1, -0.05) is 24.3 Å². The van der Waals surface area contributed by atoms with Gasteiger partial charge in [0.25, 0.3) is 0 Å². The van der Waals surface area contributed by atoms with Crippen LogP contribution in [0.5, 0.6) is 0 Å². The van der Waals surface area contributed by atoms with Crippen molar-refractivity contribution in [1.82, 2.24) is 9.55 Å². The third-order valence-electron chi connectivity index (χ3n) is 3.63. The maximum Gasteiger partial charge on any atom is 0.248 e. The fourth-order valence-electron chi connectivity index (χ4n) is 2.32. The Balaban J connectivity index is 1.59. The molecule has 25 heavy (non-hydrogen) atoms. The summed E-state index contributed by atoms with van der Waals surface area (Å²) in [4.78, 5) is 16.0. The number of carbonyl (C=O) groups excluding carboxylic acids is 1. The van der Waals surface area contributed by atoms with Crippen LogP contribution >= 0.6 is 0 Å². The van der Waals surface area contributed by atoms with Crippen LogP contribution in [0.1, 0.15) is 11.1 Å². The summed E-state index contributed by atoms with van der Waals surface area (Å²) in [7, 11) is 0. The molecule has 1 heterocycles. The first-order valence-electron chi connectivity index (χ1n) is 7.78. The SMILES string of the molecule is N#CCc1ccc(NC(=O)/C=C/c2ccc(-n3ccnc3)cc2)cc1. The minimum atomic E-state index is -0.202. The Morgan fingerprint density at radius 3 is 2.56 bits per heavy atom. The molecule has 1 aromatic heterocycles. The zero-order valence-electron chi connectivity index (χ0n) is 13.5. The number of nitrogens with zero attached hydrogens (tertiary/aromatic N) is 3. The number of hydrogen-bond donors (Lipinski definition) is 1. The van der Waals surface area contributed by atoms with E-state index in [1.165, 1.54) is 6.08 Å². The fourth-order valence-corrected chi connectivity index (χ4v) is 2.32. The molecule has 2 aromatic carbocycles. The fraction of sp³-hybridized carbons (Fsp3) is 0.0500. The third kappa shape index (κ3) is 4.43. The van der Waals surface area contributed by atoms with Crippen LogP contribution < -0.4 is 5.32 Å². The zero-order chi connectivity index (χ0) is 17.5. The molecular weight excluding hydrogens is 312 g/mol. The Morgan fingerprint density at radius 2 is 1.92 bits per heavy atom. The first kappa shape index (κ1) is 16.2. The van der Waals surface area contributed by atoms with Crippen molar-refractivity contribution in [3.8, 4) is 11.8 Å². The molecule has 0 aliphatic carbocycles. The molecule has 0 fully saturated rings. The van der Waals surface area contributed by atoms with Crippen LogP contribution in [0.3, 0.4) is 0 Å². The van der Waals surface area contributed by atoms with Crippen LogP contribution in [-0.2, 0) is 11.2 Å². The highest BCUT2D eigenvalue weighted by Gasteiger charge is 1.99. The van der Waals surface area contributed by atoms with E-state index in [1.807, 2.05) is 47.2 Å². The average Bonchev–Trinajstić information content (AvgIpc) is 3.17. The van der Waals surface area contributed by atoms with E-state index in [-0.39, 0.29) is 5.91 Å². The molecule has 0 aliphatic heterocycles. The topological polar surface area (TPSA) is 70.7 Å². The molecule has 122 valence electrons. The van der Waals surface area contributed by atoms with Crippen molar-refractivity contribution in [1.29, 1.82) is 5.26 Å². The number of hydrogen-bond acceptors (Lipinski definition) is 3. The Labute approximate surface area is 145 Å². The van der Waals surface area contributed by atoms with E-state index in [9.17, 15) is 4.79 Å². The summed E-state index contributed by atoms with van der Waals surface area (Å²) in [6.45, 7) is 0. The van der Waals surface area contributed by atoms with Crippen LogP contribution in [0.2, 0.25) is 0 Å². The van der Waals surface area contributed by atoms with Gasteiger partial charge in [-0.15, -0.1) is 0 Å². The third-order valence-corrected chi connectivity index (χ3v) is 3.63. The van der Waals surface area contributed by atoms with Crippen molar-refractivity contribution in [2.75, 3.05) is 5.32 Å². The second kappa shape index (κ2) is 7.75. The second-order valence-corrected chi connectivity index (χ2v) is 5.42. The molecular formula is C20H16N4O. The van der Waals surface area contributed by atoms with E-state index in [0.29, 0.717) is 12.1 Å². The van der Waals surface area contributed by atoms with Gasteiger partial charge in [0.05, 0.1) is 18.8 Å². The standard InChI is InChI=1S/C20H16N4O/c21-12-11-17-1-6-18(7-2-17)23-20(25)10-5-16-3-8-19(9-4-16)24-14-13-22-15-24/h1-10,13-15H,11H2,(H,23,25)/b10-5+. The lowest BCUT2D eigenvalue weighted by Crippen LogP contribution is -2.07. The molecule has 0 atom stereocenters. The average molecular weight is 328 g/mol. The summed E-state index contributed by atoms with van der Waals surface area (Å²) < 4.78 is 1.91. The molecule has 0 bridgehead atoms. The molecule has 3 aromatic rings. The molecule has 0 unspecified atom stereocenters. The minimum absolute atomic E-state index is 0.202. The highest BCUT2D eigenvalue weighted by Crippen LogP contribution is 2.12. The van der Waals surface area contributed by atoms with Crippen molar-refractivity contribution in [2.24, 2.45) is 0 Å². The maximum absolute atomic E-state index is 12.0. The van der Waals surface area contributed by atoms with E-state index in [1.54, 1.807) is 30.7 Å². The predicted octanol–water partition coefficient (Wildman–Crippen LogP) is 3.59. The molecule has 0 spiro atoms. The summed E-state index contributed by atoms with van der Waals surface area (Å²) in [5, 5.41) is 11.4. The molecule has 3 rings (SSSR count). The molecule has 1 amide bonds. The first-order chi connectivity index (χ1) is 12.2. The van der Waals surface area contributed by atoms with E-state index in [4.69, 9.17) is 5.26 Å². The maximum atomic E-state index is 12.0. The number of nitrogens with one attached hydrogen (secondary N) is 1. The number of carbonyl (C=O) groups is 1. The monoisotopic (exact) mass is 328 g/mol. The van der Waals surface area contributed by atoms with Crippen LogP contribution in [0, 0.1) is 11.3 Å². The van der Waals surface area contributed by atoms with E-state index in [2.05, 4.69) is 16.4 Å². The Kier molecular flexibility index (Phi) is 5.03. The van der Waals surface area contributed by atoms with Gasteiger partial charge in [0.2, 0.25) is 5.91 Å². The lowest BCUT2D eigenvalue weighted by molar-refractivity contribution is -0.111. The van der Waals surface area contributed by atoms with Gasteiger partial charge in [0.1, 0.15) is 0 Å². The smallest absolute Gasteiger partial charge is 0.248 e.